The summed E-state index contributed by atoms with van der Waals surface area (Å²) in [7, 11) is 0. The molecule has 4 heterocycles. The predicted molar refractivity (Wildman–Crippen MR) is 132 cm³/mol. The van der Waals surface area contributed by atoms with Gasteiger partial charge in [0, 0.05) is 51.5 Å². The van der Waals surface area contributed by atoms with E-state index in [4.69, 9.17) is 0 Å². The van der Waals surface area contributed by atoms with Crippen LogP contribution in [0.15, 0.2) is 65.7 Å². The topological polar surface area (TPSA) is 82.2 Å². The van der Waals surface area contributed by atoms with Gasteiger partial charge in [-0.2, -0.15) is 0 Å². The zero-order valence-electron chi connectivity index (χ0n) is 18.7. The highest BCUT2D eigenvalue weighted by molar-refractivity contribution is 9.10. The minimum atomic E-state index is -0.521. The molecule has 1 N–H and O–H groups in total. The van der Waals surface area contributed by atoms with Gasteiger partial charge < -0.3 is 4.98 Å². The summed E-state index contributed by atoms with van der Waals surface area (Å²) in [6.07, 6.45) is 5.55. The van der Waals surface area contributed by atoms with E-state index in [-0.39, 0.29) is 24.0 Å². The molecule has 2 aliphatic heterocycles. The summed E-state index contributed by atoms with van der Waals surface area (Å²) in [5.74, 6) is -0.127. The second-order valence-corrected chi connectivity index (χ2v) is 9.99. The number of hydrogen-bond acceptors (Lipinski definition) is 4. The number of nitrogens with one attached hydrogen (secondary N) is 1. The summed E-state index contributed by atoms with van der Waals surface area (Å²) in [6.45, 7) is 3.76. The molecular weight excluding hydrogens is 494 g/mol. The Morgan fingerprint density at radius 2 is 1.76 bits per heavy atom. The van der Waals surface area contributed by atoms with Crippen LogP contribution >= 0.6 is 15.9 Å². The maximum absolute atomic E-state index is 13.5. The molecule has 2 aromatic heterocycles. The molecule has 1 saturated heterocycles. The van der Waals surface area contributed by atoms with Crippen molar-refractivity contribution in [3.63, 3.8) is 0 Å². The second-order valence-electron chi connectivity index (χ2n) is 9.07. The lowest BCUT2D eigenvalue weighted by Crippen LogP contribution is -2.44. The molecule has 8 heteroatoms. The summed E-state index contributed by atoms with van der Waals surface area (Å²) in [6, 6.07) is 12.8. The Morgan fingerprint density at radius 3 is 2.47 bits per heavy atom. The van der Waals surface area contributed by atoms with Gasteiger partial charge in [-0.1, -0.05) is 40.2 Å². The lowest BCUT2D eigenvalue weighted by atomic mass is 9.88. The molecule has 4 aromatic rings. The molecule has 1 fully saturated rings. The third-order valence-corrected chi connectivity index (χ3v) is 7.27. The average molecular weight is 516 g/mol. The number of hydrogen-bond donors (Lipinski definition) is 1. The molecule has 0 bridgehead atoms. The Kier molecular flexibility index (Phi) is 4.81. The molecule has 2 aliphatic rings. The smallest absolute Gasteiger partial charge is 0.328 e. The Morgan fingerprint density at radius 1 is 1.03 bits per heavy atom. The highest BCUT2D eigenvalue weighted by Crippen LogP contribution is 2.45. The van der Waals surface area contributed by atoms with Gasteiger partial charge in [-0.3, -0.25) is 14.6 Å². The molecule has 0 saturated carbocycles. The van der Waals surface area contributed by atoms with Crippen LogP contribution < -0.4 is 0 Å². The molecule has 7 nitrogen and oxygen atoms in total. The van der Waals surface area contributed by atoms with Crippen molar-refractivity contribution in [2.75, 3.05) is 0 Å². The summed E-state index contributed by atoms with van der Waals surface area (Å²) >= 11 is 3.58. The van der Waals surface area contributed by atoms with E-state index in [9.17, 15) is 9.59 Å². The van der Waals surface area contributed by atoms with Crippen LogP contribution in [0.3, 0.4) is 0 Å². The zero-order chi connectivity index (χ0) is 23.6. The number of amides is 3. The number of nitrogens with zero attached hydrogens (tertiary/aromatic N) is 4. The maximum Gasteiger partial charge on any atom is 0.328 e. The second kappa shape index (κ2) is 7.77. The predicted octanol–water partition coefficient (Wildman–Crippen LogP) is 5.07. The number of aromatic amines is 1. The standard InChI is InChI=1S/C26H22BrN5O2/c1-14(2)31-25(33)22-10-20-19-9-18(27)7-8-21(19)30-23(20)24(32(22)26(31)34)16-5-3-15(4-6-16)17-11-28-13-29-12-17/h3-9,11-14,22,24,30H,10H2,1-2H3. The largest absolute Gasteiger partial charge is 0.356 e. The number of urea groups is 1. The van der Waals surface area contributed by atoms with E-state index in [1.54, 1.807) is 17.3 Å². The van der Waals surface area contributed by atoms with Gasteiger partial charge in [-0.15, -0.1) is 0 Å². The van der Waals surface area contributed by atoms with E-state index in [0.29, 0.717) is 6.42 Å². The van der Waals surface area contributed by atoms with Gasteiger partial charge in [0.2, 0.25) is 0 Å². The van der Waals surface area contributed by atoms with Crippen molar-refractivity contribution in [3.05, 3.63) is 82.5 Å². The average Bonchev–Trinajstić information content (AvgIpc) is 3.32. The van der Waals surface area contributed by atoms with Crippen molar-refractivity contribution in [1.82, 2.24) is 24.8 Å². The van der Waals surface area contributed by atoms with Crippen molar-refractivity contribution >= 4 is 38.8 Å². The quantitative estimate of drug-likeness (QED) is 0.386. The fourth-order valence-corrected chi connectivity index (χ4v) is 5.60. The van der Waals surface area contributed by atoms with Crippen LogP contribution in [0.1, 0.15) is 36.7 Å². The van der Waals surface area contributed by atoms with Crippen LogP contribution in [0.5, 0.6) is 0 Å². The number of carbonyl (C=O) groups is 2. The summed E-state index contributed by atoms with van der Waals surface area (Å²) in [5.41, 5.74) is 5.92. The minimum absolute atomic E-state index is 0.127. The van der Waals surface area contributed by atoms with Crippen molar-refractivity contribution in [2.24, 2.45) is 0 Å². The molecular formula is C26H22BrN5O2. The number of halogens is 1. The molecule has 2 atom stereocenters. The summed E-state index contributed by atoms with van der Waals surface area (Å²) in [4.78, 5) is 41.8. The highest BCUT2D eigenvalue weighted by Gasteiger charge is 2.53. The van der Waals surface area contributed by atoms with Crippen LogP contribution in [-0.4, -0.2) is 48.8 Å². The molecule has 2 unspecified atom stereocenters. The molecule has 0 aliphatic carbocycles. The van der Waals surface area contributed by atoms with Gasteiger partial charge in [0.25, 0.3) is 5.91 Å². The number of fused-ring (bicyclic) bond motifs is 4. The van der Waals surface area contributed by atoms with Gasteiger partial charge in [-0.05, 0) is 48.7 Å². The van der Waals surface area contributed by atoms with Crippen molar-refractivity contribution < 1.29 is 9.59 Å². The number of carbonyl (C=O) groups excluding carboxylic acids is 2. The molecule has 3 amide bonds. The van der Waals surface area contributed by atoms with E-state index in [0.717, 1.165) is 43.3 Å². The van der Waals surface area contributed by atoms with Crippen LogP contribution in [-0.2, 0) is 11.2 Å². The van der Waals surface area contributed by atoms with Gasteiger partial charge >= 0.3 is 6.03 Å². The van der Waals surface area contributed by atoms with Crippen molar-refractivity contribution in [2.45, 2.75) is 38.4 Å². The maximum atomic E-state index is 13.5. The highest BCUT2D eigenvalue weighted by atomic mass is 79.9. The Hall–Kier alpha value is -3.52. The van der Waals surface area contributed by atoms with Crippen molar-refractivity contribution in [1.29, 1.82) is 0 Å². The molecule has 34 heavy (non-hydrogen) atoms. The van der Waals surface area contributed by atoms with Gasteiger partial charge in [-0.25, -0.2) is 14.8 Å². The summed E-state index contributed by atoms with van der Waals surface area (Å²) < 4.78 is 0.979. The minimum Gasteiger partial charge on any atom is -0.356 e. The number of H-pyrrole nitrogens is 1. The van der Waals surface area contributed by atoms with E-state index < -0.39 is 6.04 Å². The first-order chi connectivity index (χ1) is 16.4. The first-order valence-electron chi connectivity index (χ1n) is 11.2. The fourth-order valence-electron chi connectivity index (χ4n) is 5.24. The van der Waals surface area contributed by atoms with Gasteiger partial charge in [0.1, 0.15) is 18.4 Å². The third kappa shape index (κ3) is 3.09. The van der Waals surface area contributed by atoms with Gasteiger partial charge in [0.05, 0.1) is 0 Å². The lowest BCUT2D eigenvalue weighted by Gasteiger charge is -2.36. The Bertz CT molecular complexity index is 1430. The Balaban J connectivity index is 1.52. The number of benzene rings is 2. The van der Waals surface area contributed by atoms with Crippen LogP contribution in [0.4, 0.5) is 4.79 Å². The van der Waals surface area contributed by atoms with Crippen LogP contribution in [0.2, 0.25) is 0 Å². The Labute approximate surface area is 204 Å². The fraction of sp³-hybridized carbons (Fsp3) is 0.231. The normalized spacial score (nSPS) is 19.8. The van der Waals surface area contributed by atoms with E-state index in [2.05, 4.69) is 36.9 Å². The SMILES string of the molecule is CC(C)N1C(=O)C2Cc3c([nH]c4ccc(Br)cc34)C(c3ccc(-c4cncnc4)cc3)N2C1=O. The van der Waals surface area contributed by atoms with Crippen LogP contribution in [0.25, 0.3) is 22.0 Å². The number of imide groups is 1. The van der Waals surface area contributed by atoms with Crippen molar-refractivity contribution in [3.8, 4) is 11.1 Å². The van der Waals surface area contributed by atoms with E-state index >= 15 is 0 Å². The number of aromatic nitrogens is 3. The third-order valence-electron chi connectivity index (χ3n) is 6.77. The molecule has 0 spiro atoms. The lowest BCUT2D eigenvalue weighted by molar-refractivity contribution is -0.129. The molecule has 0 radical (unpaired) electrons. The monoisotopic (exact) mass is 515 g/mol. The first-order valence-corrected chi connectivity index (χ1v) is 12.0. The molecule has 170 valence electrons. The summed E-state index contributed by atoms with van der Waals surface area (Å²) in [5, 5.41) is 1.08. The molecule has 2 aromatic carbocycles. The van der Waals surface area contributed by atoms with Gasteiger partial charge in [0.15, 0.2) is 0 Å². The zero-order valence-corrected chi connectivity index (χ0v) is 20.3. The molecule has 6 rings (SSSR count). The number of rotatable bonds is 3. The van der Waals surface area contributed by atoms with E-state index in [1.165, 1.54) is 11.2 Å². The van der Waals surface area contributed by atoms with E-state index in [1.807, 2.05) is 50.2 Å². The van der Waals surface area contributed by atoms with Crippen LogP contribution in [0, 0.1) is 0 Å². The first kappa shape index (κ1) is 21.0.